The van der Waals surface area contributed by atoms with E-state index in [1.165, 1.54) is 18.7 Å². The summed E-state index contributed by atoms with van der Waals surface area (Å²) >= 11 is 1.46. The smallest absolute Gasteiger partial charge is 0.237 e. The van der Waals surface area contributed by atoms with Crippen LogP contribution < -0.4 is 10.6 Å². The number of anilines is 2. The van der Waals surface area contributed by atoms with Crippen molar-refractivity contribution >= 4 is 35.0 Å². The van der Waals surface area contributed by atoms with E-state index in [-0.39, 0.29) is 17.1 Å². The summed E-state index contributed by atoms with van der Waals surface area (Å²) in [6.07, 6.45) is 0. The molecule has 0 fully saturated rings. The number of amides is 2. The molecule has 2 aromatic carbocycles. The van der Waals surface area contributed by atoms with Crippen molar-refractivity contribution in [2.45, 2.75) is 37.8 Å². The van der Waals surface area contributed by atoms with Gasteiger partial charge >= 0.3 is 0 Å². The topological polar surface area (TPSA) is 58.2 Å². The molecule has 0 aromatic heterocycles. The Morgan fingerprint density at radius 2 is 1.75 bits per heavy atom. The predicted octanol–water partition coefficient (Wildman–Crippen LogP) is 4.38. The highest BCUT2D eigenvalue weighted by Crippen LogP contribution is 2.27. The summed E-state index contributed by atoms with van der Waals surface area (Å²) in [6.45, 7) is 7.37. The monoisotopic (exact) mass is 342 g/mol. The van der Waals surface area contributed by atoms with Crippen LogP contribution in [0.25, 0.3) is 0 Å². The van der Waals surface area contributed by atoms with Crippen molar-refractivity contribution in [3.05, 3.63) is 53.6 Å². The van der Waals surface area contributed by atoms with Crippen LogP contribution in [-0.4, -0.2) is 17.1 Å². The summed E-state index contributed by atoms with van der Waals surface area (Å²) in [5.74, 6) is -0.156. The van der Waals surface area contributed by atoms with Crippen molar-refractivity contribution < 1.29 is 9.59 Å². The van der Waals surface area contributed by atoms with Crippen LogP contribution in [0.1, 0.15) is 25.0 Å². The quantitative estimate of drug-likeness (QED) is 0.793. The molecule has 0 saturated carbocycles. The third-order valence-corrected chi connectivity index (χ3v) is 4.79. The SMILES string of the molecule is CC(=O)Nc1cccc(SC(C)C(=O)Nc2cccc(C)c2C)c1. The number of hydrogen-bond acceptors (Lipinski definition) is 3. The van der Waals surface area contributed by atoms with E-state index in [1.807, 2.05) is 63.2 Å². The van der Waals surface area contributed by atoms with Gasteiger partial charge in [-0.1, -0.05) is 18.2 Å². The third-order valence-electron chi connectivity index (χ3n) is 3.70. The highest BCUT2D eigenvalue weighted by molar-refractivity contribution is 8.00. The van der Waals surface area contributed by atoms with Crippen LogP contribution in [0, 0.1) is 13.8 Å². The number of nitrogens with one attached hydrogen (secondary N) is 2. The second kappa shape index (κ2) is 8.02. The molecule has 5 heteroatoms. The molecule has 24 heavy (non-hydrogen) atoms. The molecule has 2 rings (SSSR count). The van der Waals surface area contributed by atoms with Crippen molar-refractivity contribution in [2.75, 3.05) is 10.6 Å². The van der Waals surface area contributed by atoms with Crippen molar-refractivity contribution in [3.63, 3.8) is 0 Å². The maximum absolute atomic E-state index is 12.4. The summed E-state index contributed by atoms with van der Waals surface area (Å²) in [5.41, 5.74) is 3.81. The van der Waals surface area contributed by atoms with Gasteiger partial charge in [-0.25, -0.2) is 0 Å². The zero-order chi connectivity index (χ0) is 17.7. The molecule has 0 radical (unpaired) electrons. The van der Waals surface area contributed by atoms with E-state index in [0.717, 1.165) is 27.4 Å². The van der Waals surface area contributed by atoms with Gasteiger partial charge in [-0.3, -0.25) is 9.59 Å². The van der Waals surface area contributed by atoms with Crippen molar-refractivity contribution in [2.24, 2.45) is 0 Å². The molecular weight excluding hydrogens is 320 g/mol. The number of carbonyl (C=O) groups excluding carboxylic acids is 2. The summed E-state index contributed by atoms with van der Waals surface area (Å²) in [6, 6.07) is 13.4. The molecule has 4 nitrogen and oxygen atoms in total. The molecule has 0 spiro atoms. The maximum atomic E-state index is 12.4. The molecular formula is C19H22N2O2S. The molecule has 0 aliphatic rings. The highest BCUT2D eigenvalue weighted by atomic mass is 32.2. The van der Waals surface area contributed by atoms with Crippen molar-refractivity contribution in [1.82, 2.24) is 0 Å². The van der Waals surface area contributed by atoms with E-state index in [2.05, 4.69) is 10.6 Å². The van der Waals surface area contributed by atoms with E-state index in [0.29, 0.717) is 0 Å². The molecule has 0 aliphatic carbocycles. The fourth-order valence-corrected chi connectivity index (χ4v) is 3.16. The average Bonchev–Trinajstić information content (AvgIpc) is 2.51. The van der Waals surface area contributed by atoms with E-state index >= 15 is 0 Å². The Balaban J connectivity index is 2.03. The van der Waals surface area contributed by atoms with Crippen LogP contribution in [0.15, 0.2) is 47.4 Å². The lowest BCUT2D eigenvalue weighted by Gasteiger charge is -2.15. The third kappa shape index (κ3) is 4.86. The molecule has 0 bridgehead atoms. The summed E-state index contributed by atoms with van der Waals surface area (Å²) < 4.78 is 0. The molecule has 1 atom stereocenters. The largest absolute Gasteiger partial charge is 0.326 e. The molecule has 0 aliphatic heterocycles. The van der Waals surface area contributed by atoms with Gasteiger partial charge in [0.15, 0.2) is 0 Å². The molecule has 0 saturated heterocycles. The average molecular weight is 342 g/mol. The fraction of sp³-hybridized carbons (Fsp3) is 0.263. The second-order valence-corrected chi connectivity index (χ2v) is 7.12. The second-order valence-electron chi connectivity index (χ2n) is 5.71. The molecule has 1 unspecified atom stereocenters. The van der Waals surface area contributed by atoms with Crippen LogP contribution in [0.4, 0.5) is 11.4 Å². The Bertz CT molecular complexity index is 759. The lowest BCUT2D eigenvalue weighted by atomic mass is 10.1. The lowest BCUT2D eigenvalue weighted by molar-refractivity contribution is -0.115. The van der Waals surface area contributed by atoms with Gasteiger partial charge in [0.1, 0.15) is 0 Å². The van der Waals surface area contributed by atoms with Gasteiger partial charge in [-0.2, -0.15) is 0 Å². The Hall–Kier alpha value is -2.27. The Morgan fingerprint density at radius 1 is 1.04 bits per heavy atom. The van der Waals surface area contributed by atoms with Gasteiger partial charge in [-0.15, -0.1) is 11.8 Å². The normalized spacial score (nSPS) is 11.7. The molecule has 2 aromatic rings. The summed E-state index contributed by atoms with van der Waals surface area (Å²) in [5, 5.41) is 5.48. The zero-order valence-electron chi connectivity index (χ0n) is 14.3. The first-order valence-corrected chi connectivity index (χ1v) is 8.66. The minimum Gasteiger partial charge on any atom is -0.326 e. The van der Waals surface area contributed by atoms with Crippen LogP contribution in [0.3, 0.4) is 0 Å². The van der Waals surface area contributed by atoms with Crippen LogP contribution in [0.2, 0.25) is 0 Å². The van der Waals surface area contributed by atoms with E-state index in [4.69, 9.17) is 0 Å². The van der Waals surface area contributed by atoms with Gasteiger partial charge in [0.2, 0.25) is 11.8 Å². The minimum absolute atomic E-state index is 0.0429. The zero-order valence-corrected chi connectivity index (χ0v) is 15.2. The molecule has 126 valence electrons. The molecule has 0 heterocycles. The Kier molecular flexibility index (Phi) is 6.04. The highest BCUT2D eigenvalue weighted by Gasteiger charge is 2.16. The van der Waals surface area contributed by atoms with Crippen LogP contribution >= 0.6 is 11.8 Å². The standard InChI is InChI=1S/C19H22N2O2S/c1-12-7-5-10-18(13(12)2)21-19(23)14(3)24-17-9-6-8-16(11-17)20-15(4)22/h5-11,14H,1-4H3,(H,20,22)(H,21,23). The number of aryl methyl sites for hydroxylation is 1. The molecule has 2 N–H and O–H groups in total. The Morgan fingerprint density at radius 3 is 2.46 bits per heavy atom. The van der Waals surface area contributed by atoms with Crippen LogP contribution in [0.5, 0.6) is 0 Å². The van der Waals surface area contributed by atoms with Gasteiger partial charge in [0.25, 0.3) is 0 Å². The van der Waals surface area contributed by atoms with E-state index < -0.39 is 0 Å². The van der Waals surface area contributed by atoms with Crippen molar-refractivity contribution in [3.8, 4) is 0 Å². The first kappa shape index (κ1) is 18.1. The first-order valence-electron chi connectivity index (χ1n) is 7.78. The van der Waals surface area contributed by atoms with Gasteiger partial charge in [0.05, 0.1) is 5.25 Å². The lowest BCUT2D eigenvalue weighted by Crippen LogP contribution is -2.23. The fourth-order valence-electron chi connectivity index (χ4n) is 2.23. The Labute approximate surface area is 147 Å². The maximum Gasteiger partial charge on any atom is 0.237 e. The summed E-state index contributed by atoms with van der Waals surface area (Å²) in [7, 11) is 0. The van der Waals surface area contributed by atoms with Gasteiger partial charge < -0.3 is 10.6 Å². The van der Waals surface area contributed by atoms with Gasteiger partial charge in [-0.05, 0) is 56.2 Å². The molecule has 2 amide bonds. The van der Waals surface area contributed by atoms with Crippen LogP contribution in [-0.2, 0) is 9.59 Å². The van der Waals surface area contributed by atoms with E-state index in [1.54, 1.807) is 0 Å². The number of benzene rings is 2. The number of hydrogen-bond donors (Lipinski definition) is 2. The minimum atomic E-state index is -0.252. The summed E-state index contributed by atoms with van der Waals surface area (Å²) in [4.78, 5) is 24.5. The number of thioether (sulfide) groups is 1. The first-order chi connectivity index (χ1) is 11.4. The number of carbonyl (C=O) groups is 2. The van der Waals surface area contributed by atoms with Crippen molar-refractivity contribution in [1.29, 1.82) is 0 Å². The van der Waals surface area contributed by atoms with E-state index in [9.17, 15) is 9.59 Å². The number of rotatable bonds is 5. The predicted molar refractivity (Wildman–Crippen MR) is 101 cm³/mol. The van der Waals surface area contributed by atoms with Gasteiger partial charge in [0, 0.05) is 23.2 Å².